The third-order valence-corrected chi connectivity index (χ3v) is 4.08. The monoisotopic (exact) mass is 383 g/mol. The summed E-state index contributed by atoms with van der Waals surface area (Å²) in [6.07, 6.45) is 0.00115. The normalized spacial score (nSPS) is 17.3. The molecule has 0 saturated heterocycles. The number of guanidine groups is 1. The van der Waals surface area contributed by atoms with Gasteiger partial charge in [0.2, 0.25) is 5.88 Å². The molecule has 0 aromatic carbocycles. The lowest BCUT2D eigenvalue weighted by atomic mass is 10.1. The minimum atomic E-state index is -4.50. The molecule has 1 aliphatic heterocycles. The summed E-state index contributed by atoms with van der Waals surface area (Å²) in [5.74, 6) is 1.07. The van der Waals surface area contributed by atoms with Crippen LogP contribution in [0.2, 0.25) is 0 Å². The molecule has 2 N–H and O–H groups in total. The zero-order valence-corrected chi connectivity index (χ0v) is 14.7. The minimum Gasteiger partial charge on any atom is -0.475 e. The van der Waals surface area contributed by atoms with Gasteiger partial charge in [-0.05, 0) is 18.6 Å². The van der Waals surface area contributed by atoms with E-state index in [2.05, 4.69) is 30.7 Å². The number of aliphatic imine (C=N–C) groups is 1. The number of nitrogens with one attached hydrogen (secondary N) is 2. The molecule has 0 fully saturated rings. The van der Waals surface area contributed by atoms with E-state index in [0.717, 1.165) is 24.7 Å². The lowest BCUT2D eigenvalue weighted by Crippen LogP contribution is -2.47. The van der Waals surface area contributed by atoms with Crippen molar-refractivity contribution < 1.29 is 17.9 Å². The van der Waals surface area contributed by atoms with E-state index < -0.39 is 17.6 Å². The molecule has 0 radical (unpaired) electrons. The zero-order valence-electron chi connectivity index (χ0n) is 14.7. The van der Waals surface area contributed by atoms with Crippen LogP contribution in [0.4, 0.5) is 13.2 Å². The van der Waals surface area contributed by atoms with Gasteiger partial charge in [0.05, 0.1) is 13.1 Å². The summed E-state index contributed by atoms with van der Waals surface area (Å²) in [7, 11) is 1.63. The average molecular weight is 383 g/mol. The molecular formula is C16H20F3N7O. The van der Waals surface area contributed by atoms with Crippen molar-refractivity contribution in [3.63, 3.8) is 0 Å². The lowest BCUT2D eigenvalue weighted by Gasteiger charge is -2.25. The molecule has 2 aromatic rings. The number of halogens is 3. The number of alkyl halides is 3. The van der Waals surface area contributed by atoms with E-state index in [1.54, 1.807) is 7.05 Å². The second-order valence-electron chi connectivity index (χ2n) is 5.94. The van der Waals surface area contributed by atoms with Crippen LogP contribution in [0.25, 0.3) is 0 Å². The molecule has 27 heavy (non-hydrogen) atoms. The first-order valence-corrected chi connectivity index (χ1v) is 8.46. The highest BCUT2D eigenvalue weighted by Crippen LogP contribution is 2.34. The van der Waals surface area contributed by atoms with Gasteiger partial charge in [0.25, 0.3) is 0 Å². The van der Waals surface area contributed by atoms with Crippen molar-refractivity contribution in [2.75, 3.05) is 20.2 Å². The third kappa shape index (κ3) is 4.86. The summed E-state index contributed by atoms with van der Waals surface area (Å²) in [6, 6.07) is 2.31. The van der Waals surface area contributed by atoms with Crippen LogP contribution in [0.1, 0.15) is 17.8 Å². The minimum absolute atomic E-state index is 0.0126. The van der Waals surface area contributed by atoms with Crippen LogP contribution in [0.5, 0.6) is 5.88 Å². The Morgan fingerprint density at radius 3 is 3.04 bits per heavy atom. The molecule has 1 aliphatic rings. The third-order valence-electron chi connectivity index (χ3n) is 4.08. The topological polar surface area (TPSA) is 89.2 Å². The first-order valence-electron chi connectivity index (χ1n) is 8.46. The summed E-state index contributed by atoms with van der Waals surface area (Å²) < 4.78 is 45.8. The Balaban J connectivity index is 1.46. The number of hydrogen-bond acceptors (Lipinski definition) is 5. The van der Waals surface area contributed by atoms with Gasteiger partial charge in [-0.3, -0.25) is 4.99 Å². The molecule has 3 rings (SSSR count). The summed E-state index contributed by atoms with van der Waals surface area (Å²) in [4.78, 5) is 12.0. The fourth-order valence-electron chi connectivity index (χ4n) is 2.78. The molecule has 0 spiro atoms. The smallest absolute Gasteiger partial charge is 0.421 e. The molecule has 3 heterocycles. The van der Waals surface area contributed by atoms with Crippen molar-refractivity contribution in [3.8, 4) is 5.88 Å². The highest BCUT2D eigenvalue weighted by Gasteiger charge is 2.35. The van der Waals surface area contributed by atoms with E-state index in [4.69, 9.17) is 4.74 Å². The van der Waals surface area contributed by atoms with Crippen LogP contribution in [0.3, 0.4) is 0 Å². The van der Waals surface area contributed by atoms with Crippen LogP contribution < -0.4 is 15.4 Å². The Labute approximate surface area is 153 Å². The van der Waals surface area contributed by atoms with Gasteiger partial charge >= 0.3 is 6.18 Å². The molecule has 2 aromatic heterocycles. The van der Waals surface area contributed by atoms with Gasteiger partial charge in [-0.1, -0.05) is 0 Å². The number of hydrogen-bond donors (Lipinski definition) is 2. The van der Waals surface area contributed by atoms with Crippen molar-refractivity contribution in [2.24, 2.45) is 4.99 Å². The molecule has 0 bridgehead atoms. The summed E-state index contributed by atoms with van der Waals surface area (Å²) >= 11 is 0. The first-order chi connectivity index (χ1) is 13.0. The maximum absolute atomic E-state index is 12.9. The van der Waals surface area contributed by atoms with Gasteiger partial charge in [0, 0.05) is 25.7 Å². The van der Waals surface area contributed by atoms with Crippen molar-refractivity contribution in [3.05, 3.63) is 36.0 Å². The fourth-order valence-corrected chi connectivity index (χ4v) is 2.78. The van der Waals surface area contributed by atoms with Crippen LogP contribution in [-0.4, -0.2) is 51.9 Å². The largest absolute Gasteiger partial charge is 0.475 e. The number of pyridine rings is 1. The molecule has 0 saturated carbocycles. The van der Waals surface area contributed by atoms with E-state index >= 15 is 0 Å². The number of aromatic nitrogens is 4. The van der Waals surface area contributed by atoms with Crippen LogP contribution in [0, 0.1) is 0 Å². The van der Waals surface area contributed by atoms with Gasteiger partial charge < -0.3 is 15.4 Å². The molecule has 8 nitrogen and oxygen atoms in total. The molecule has 11 heteroatoms. The van der Waals surface area contributed by atoms with Gasteiger partial charge in [-0.25, -0.2) is 14.6 Å². The molecule has 0 aliphatic carbocycles. The molecule has 1 unspecified atom stereocenters. The first kappa shape index (κ1) is 18.9. The number of rotatable bonds is 5. The summed E-state index contributed by atoms with van der Waals surface area (Å²) in [5.41, 5.74) is -0.890. The fraction of sp³-hybridized carbons (Fsp3) is 0.500. The zero-order chi connectivity index (χ0) is 19.3. The van der Waals surface area contributed by atoms with Gasteiger partial charge in [0.15, 0.2) is 5.96 Å². The standard InChI is InChI=1S/C16H20F3N7O/c1-20-15(25-11-4-5-13-23-10-24-26(13)9-11)22-7-8-27-14-12(16(17,18)19)3-2-6-21-14/h2-3,6,10-11H,4-5,7-9H2,1H3,(H2,20,22,25). The van der Waals surface area contributed by atoms with Crippen molar-refractivity contribution in [1.29, 1.82) is 0 Å². The van der Waals surface area contributed by atoms with Gasteiger partial charge in [-0.2, -0.15) is 18.3 Å². The number of nitrogens with zero attached hydrogens (tertiary/aromatic N) is 5. The number of fused-ring (bicyclic) bond motifs is 1. The SMILES string of the molecule is CN=C(NCCOc1ncccc1C(F)(F)F)NC1CCc2ncnn2C1. The number of ether oxygens (including phenoxy) is 1. The van der Waals surface area contributed by atoms with Gasteiger partial charge in [-0.15, -0.1) is 0 Å². The van der Waals surface area contributed by atoms with Crippen molar-refractivity contribution >= 4 is 5.96 Å². The predicted octanol–water partition coefficient (Wildman–Crippen LogP) is 1.25. The molecule has 1 atom stereocenters. The van der Waals surface area contributed by atoms with Crippen molar-refractivity contribution in [2.45, 2.75) is 31.6 Å². The number of aryl methyl sites for hydroxylation is 1. The van der Waals surface area contributed by atoms with Crippen LogP contribution >= 0.6 is 0 Å². The highest BCUT2D eigenvalue weighted by molar-refractivity contribution is 5.79. The summed E-state index contributed by atoms with van der Waals surface area (Å²) in [6.45, 7) is 0.961. The van der Waals surface area contributed by atoms with Gasteiger partial charge in [0.1, 0.15) is 24.3 Å². The second-order valence-corrected chi connectivity index (χ2v) is 5.94. The highest BCUT2D eigenvalue weighted by atomic mass is 19.4. The van der Waals surface area contributed by atoms with Crippen LogP contribution in [-0.2, 0) is 19.1 Å². The van der Waals surface area contributed by atoms with E-state index in [1.165, 1.54) is 18.6 Å². The Morgan fingerprint density at radius 2 is 2.26 bits per heavy atom. The Kier molecular flexibility index (Phi) is 5.77. The maximum atomic E-state index is 12.9. The van der Waals surface area contributed by atoms with Crippen molar-refractivity contribution in [1.82, 2.24) is 30.4 Å². The maximum Gasteiger partial charge on any atom is 0.421 e. The Morgan fingerprint density at radius 1 is 1.41 bits per heavy atom. The second kappa shape index (κ2) is 8.23. The lowest BCUT2D eigenvalue weighted by molar-refractivity contribution is -0.139. The van der Waals surface area contributed by atoms with E-state index in [1.807, 2.05) is 4.68 Å². The van der Waals surface area contributed by atoms with E-state index in [9.17, 15) is 13.2 Å². The average Bonchev–Trinajstić information content (AvgIpc) is 3.11. The Bertz CT molecular complexity index is 790. The molecular weight excluding hydrogens is 363 g/mol. The van der Waals surface area contributed by atoms with E-state index in [-0.39, 0.29) is 19.2 Å². The Hall–Kier alpha value is -2.85. The predicted molar refractivity (Wildman–Crippen MR) is 91.4 cm³/mol. The molecule has 0 amide bonds. The quantitative estimate of drug-likeness (QED) is 0.459. The summed E-state index contributed by atoms with van der Waals surface area (Å²) in [5, 5.41) is 10.5. The van der Waals surface area contributed by atoms with Crippen LogP contribution in [0.15, 0.2) is 29.6 Å². The van der Waals surface area contributed by atoms with E-state index in [0.29, 0.717) is 12.5 Å². The molecule has 146 valence electrons.